The number of benzene rings is 2. The molecule has 0 radical (unpaired) electrons. The molecule has 0 saturated carbocycles. The summed E-state index contributed by atoms with van der Waals surface area (Å²) in [6.07, 6.45) is 0. The number of hydrogen-bond donors (Lipinski definition) is 1. The van der Waals surface area contributed by atoms with Gasteiger partial charge in [0.1, 0.15) is 11.2 Å². The molecule has 0 bridgehead atoms. The lowest BCUT2D eigenvalue weighted by Crippen LogP contribution is -2.28. The highest BCUT2D eigenvalue weighted by Gasteiger charge is 2.26. The largest absolute Gasteiger partial charge is 0.325 e. The summed E-state index contributed by atoms with van der Waals surface area (Å²) in [7, 11) is 1.54. The van der Waals surface area contributed by atoms with Crippen LogP contribution in [0.3, 0.4) is 0 Å². The Bertz CT molecular complexity index is 1590. The molecule has 1 N–H and O–H groups in total. The molecule has 0 unspecified atom stereocenters. The van der Waals surface area contributed by atoms with Crippen LogP contribution in [0.25, 0.3) is 33.4 Å². The van der Waals surface area contributed by atoms with E-state index in [0.717, 1.165) is 5.56 Å². The Morgan fingerprint density at radius 2 is 1.60 bits per heavy atom. The Morgan fingerprint density at radius 1 is 0.971 bits per heavy atom. The van der Waals surface area contributed by atoms with Crippen molar-refractivity contribution in [2.75, 3.05) is 5.32 Å². The van der Waals surface area contributed by atoms with Crippen LogP contribution >= 0.6 is 34.8 Å². The fraction of sp³-hybridized carbons (Fsp3) is 0.154. The summed E-state index contributed by atoms with van der Waals surface area (Å²) < 4.78 is 1.31. The normalized spacial score (nSPS) is 11.1. The standard InChI is InChI=1S/C26H20Cl3N3O3/c1-12-20(15-5-7-16(27)8-6-15)23(18-10-9-17(28)11-19(18)29)31-25-21(12)24(30-14(3)34)22(13(2)33)26(35)32(25)4/h5-11H,1-4H3,(H,30,34). The highest BCUT2D eigenvalue weighted by atomic mass is 35.5. The lowest BCUT2D eigenvalue weighted by molar-refractivity contribution is -0.114. The molecule has 0 aliphatic rings. The van der Waals surface area contributed by atoms with Crippen LogP contribution in [0.4, 0.5) is 5.69 Å². The molecule has 0 aliphatic carbocycles. The van der Waals surface area contributed by atoms with Gasteiger partial charge in [0.25, 0.3) is 5.56 Å². The van der Waals surface area contributed by atoms with Gasteiger partial charge in [0, 0.05) is 40.5 Å². The van der Waals surface area contributed by atoms with Crippen molar-refractivity contribution in [3.05, 3.63) is 79.0 Å². The molecule has 2 heterocycles. The zero-order valence-electron chi connectivity index (χ0n) is 19.3. The van der Waals surface area contributed by atoms with Gasteiger partial charge in [-0.15, -0.1) is 0 Å². The van der Waals surface area contributed by atoms with Crippen molar-refractivity contribution < 1.29 is 9.59 Å². The molecule has 1 amide bonds. The third-order valence-corrected chi connectivity index (χ3v) is 6.54. The summed E-state index contributed by atoms with van der Waals surface area (Å²) in [6.45, 7) is 4.46. The highest BCUT2D eigenvalue weighted by molar-refractivity contribution is 6.36. The number of aromatic nitrogens is 2. The molecule has 35 heavy (non-hydrogen) atoms. The van der Waals surface area contributed by atoms with Crippen molar-refractivity contribution in [3.63, 3.8) is 0 Å². The fourth-order valence-electron chi connectivity index (χ4n) is 4.20. The second kappa shape index (κ2) is 9.46. The number of amides is 1. The summed E-state index contributed by atoms with van der Waals surface area (Å²) >= 11 is 18.8. The van der Waals surface area contributed by atoms with E-state index in [9.17, 15) is 14.4 Å². The first-order chi connectivity index (χ1) is 16.5. The van der Waals surface area contributed by atoms with Gasteiger partial charge in [0.05, 0.1) is 16.4 Å². The minimum atomic E-state index is -0.562. The molecule has 2 aromatic carbocycles. The number of Topliss-reactive ketones (excluding diaryl/α,β-unsaturated/α-hetero) is 1. The second-order valence-corrected chi connectivity index (χ2v) is 9.42. The summed E-state index contributed by atoms with van der Waals surface area (Å²) in [5.41, 5.74) is 3.06. The molecule has 0 fully saturated rings. The minimum absolute atomic E-state index is 0.112. The maximum atomic E-state index is 13.2. The van der Waals surface area contributed by atoms with Gasteiger partial charge in [-0.1, -0.05) is 46.9 Å². The van der Waals surface area contributed by atoms with Crippen molar-refractivity contribution in [3.8, 4) is 22.4 Å². The zero-order chi connectivity index (χ0) is 25.6. The number of pyridine rings is 2. The van der Waals surface area contributed by atoms with Crippen molar-refractivity contribution in [2.45, 2.75) is 20.8 Å². The average Bonchev–Trinajstić information content (AvgIpc) is 2.77. The minimum Gasteiger partial charge on any atom is -0.325 e. The molecule has 2 aromatic heterocycles. The van der Waals surface area contributed by atoms with Gasteiger partial charge >= 0.3 is 0 Å². The van der Waals surface area contributed by atoms with Crippen LogP contribution in [0.5, 0.6) is 0 Å². The number of fused-ring (bicyclic) bond motifs is 1. The van der Waals surface area contributed by atoms with Crippen molar-refractivity contribution >= 4 is 63.2 Å². The number of carbonyl (C=O) groups excluding carboxylic acids is 2. The van der Waals surface area contributed by atoms with E-state index in [4.69, 9.17) is 39.8 Å². The molecule has 0 saturated heterocycles. The first-order valence-corrected chi connectivity index (χ1v) is 11.7. The quantitative estimate of drug-likeness (QED) is 0.299. The maximum Gasteiger partial charge on any atom is 0.264 e. The molecule has 4 aromatic rings. The monoisotopic (exact) mass is 527 g/mol. The Balaban J connectivity index is 2.27. The lowest BCUT2D eigenvalue weighted by atomic mass is 9.92. The van der Waals surface area contributed by atoms with Crippen LogP contribution in [-0.2, 0) is 11.8 Å². The molecule has 0 atom stereocenters. The summed E-state index contributed by atoms with van der Waals surface area (Å²) in [5.74, 6) is -0.882. The van der Waals surface area contributed by atoms with E-state index >= 15 is 0 Å². The van der Waals surface area contributed by atoms with Crippen LogP contribution in [0.2, 0.25) is 15.1 Å². The maximum absolute atomic E-state index is 13.2. The van der Waals surface area contributed by atoms with Crippen LogP contribution in [0, 0.1) is 6.92 Å². The Kier molecular flexibility index (Phi) is 6.73. The topological polar surface area (TPSA) is 81.1 Å². The van der Waals surface area contributed by atoms with Crippen molar-refractivity contribution in [1.29, 1.82) is 0 Å². The molecule has 9 heteroatoms. The molecule has 0 spiro atoms. The van der Waals surface area contributed by atoms with Gasteiger partial charge in [-0.2, -0.15) is 0 Å². The average molecular weight is 529 g/mol. The molecule has 178 valence electrons. The number of hydrogen-bond acceptors (Lipinski definition) is 4. The molecule has 6 nitrogen and oxygen atoms in total. The summed E-state index contributed by atoms with van der Waals surface area (Å²) in [5, 5.41) is 4.58. The predicted molar refractivity (Wildman–Crippen MR) is 142 cm³/mol. The number of ketones is 1. The Morgan fingerprint density at radius 3 is 2.17 bits per heavy atom. The second-order valence-electron chi connectivity index (χ2n) is 8.14. The first kappa shape index (κ1) is 24.9. The summed E-state index contributed by atoms with van der Waals surface area (Å²) in [6, 6.07) is 12.3. The zero-order valence-corrected chi connectivity index (χ0v) is 21.6. The molecule has 4 rings (SSSR count). The number of nitrogens with zero attached hydrogens (tertiary/aromatic N) is 2. The number of halogens is 3. The van der Waals surface area contributed by atoms with Gasteiger partial charge in [-0.05, 0) is 55.3 Å². The van der Waals surface area contributed by atoms with Crippen LogP contribution < -0.4 is 10.9 Å². The number of rotatable bonds is 4. The highest BCUT2D eigenvalue weighted by Crippen LogP contribution is 2.42. The van der Waals surface area contributed by atoms with Gasteiger partial charge < -0.3 is 5.32 Å². The van der Waals surface area contributed by atoms with Gasteiger partial charge in [0.15, 0.2) is 5.78 Å². The third-order valence-electron chi connectivity index (χ3n) is 5.74. The molecule has 0 aliphatic heterocycles. The van der Waals surface area contributed by atoms with Crippen LogP contribution in [-0.4, -0.2) is 21.2 Å². The van der Waals surface area contributed by atoms with Gasteiger partial charge in [0.2, 0.25) is 5.91 Å². The van der Waals surface area contributed by atoms with E-state index in [-0.39, 0.29) is 11.3 Å². The SMILES string of the molecule is CC(=O)Nc1c(C(C)=O)c(=O)n(C)c2nc(-c3ccc(Cl)cc3Cl)c(-c3ccc(Cl)cc3)c(C)c12. The number of aryl methyl sites for hydroxylation is 2. The van der Waals surface area contributed by atoms with E-state index in [1.165, 1.54) is 25.5 Å². The summed E-state index contributed by atoms with van der Waals surface area (Å²) in [4.78, 5) is 42.7. The first-order valence-electron chi connectivity index (χ1n) is 10.6. The predicted octanol–water partition coefficient (Wildman–Crippen LogP) is 6.70. The van der Waals surface area contributed by atoms with E-state index in [0.29, 0.717) is 48.5 Å². The molecular weight excluding hydrogens is 509 g/mol. The van der Waals surface area contributed by atoms with E-state index in [2.05, 4.69) is 5.32 Å². The number of nitrogens with one attached hydrogen (secondary N) is 1. The number of anilines is 1. The van der Waals surface area contributed by atoms with Crippen molar-refractivity contribution in [2.24, 2.45) is 7.05 Å². The van der Waals surface area contributed by atoms with Gasteiger partial charge in [-0.25, -0.2) is 4.98 Å². The van der Waals surface area contributed by atoms with E-state index in [1.807, 2.05) is 19.1 Å². The molecular formula is C26H20Cl3N3O3. The smallest absolute Gasteiger partial charge is 0.264 e. The number of carbonyl (C=O) groups is 2. The lowest BCUT2D eigenvalue weighted by Gasteiger charge is -2.21. The third kappa shape index (κ3) is 4.45. The fourth-order valence-corrected chi connectivity index (χ4v) is 4.82. The van der Waals surface area contributed by atoms with Crippen molar-refractivity contribution in [1.82, 2.24) is 9.55 Å². The van der Waals surface area contributed by atoms with E-state index in [1.54, 1.807) is 30.3 Å². The Hall–Kier alpha value is -3.19. The van der Waals surface area contributed by atoms with E-state index < -0.39 is 17.2 Å². The Labute approximate surface area is 216 Å². The van der Waals surface area contributed by atoms with Crippen LogP contribution in [0.1, 0.15) is 29.8 Å². The van der Waals surface area contributed by atoms with Crippen LogP contribution in [0.15, 0.2) is 47.3 Å². The van der Waals surface area contributed by atoms with Gasteiger partial charge in [-0.3, -0.25) is 19.0 Å².